The number of carbonyl (C=O) groups is 1. The fourth-order valence-electron chi connectivity index (χ4n) is 9.68. The number of aromatic nitrogens is 3. The van der Waals surface area contributed by atoms with Crippen molar-refractivity contribution in [3.05, 3.63) is 12.4 Å². The van der Waals surface area contributed by atoms with Crippen LogP contribution in [0, 0.1) is 39.9 Å². The zero-order valence-electron chi connectivity index (χ0n) is 19.9. The lowest BCUT2D eigenvalue weighted by molar-refractivity contribution is -0.194. The van der Waals surface area contributed by atoms with Gasteiger partial charge in [0, 0.05) is 5.92 Å². The Kier molecular flexibility index (Phi) is 4.97. The minimum atomic E-state index is -0.480. The van der Waals surface area contributed by atoms with Crippen LogP contribution in [0.1, 0.15) is 91.9 Å². The Bertz CT molecular complexity index is 836. The van der Waals surface area contributed by atoms with Gasteiger partial charge in [-0.2, -0.15) is 15.0 Å². The van der Waals surface area contributed by atoms with E-state index in [4.69, 9.17) is 0 Å². The maximum atomic E-state index is 13.3. The number of hydrogen-bond acceptors (Lipinski definition) is 4. The van der Waals surface area contributed by atoms with Gasteiger partial charge in [-0.3, -0.25) is 4.79 Å². The highest BCUT2D eigenvalue weighted by Crippen LogP contribution is 2.73. The van der Waals surface area contributed by atoms with E-state index in [1.165, 1.54) is 44.9 Å². The molecule has 5 nitrogen and oxygen atoms in total. The van der Waals surface area contributed by atoms with E-state index in [9.17, 15) is 9.90 Å². The largest absolute Gasteiger partial charge is 0.390 e. The summed E-state index contributed by atoms with van der Waals surface area (Å²) in [6.07, 6.45) is 14.8. The first-order chi connectivity index (χ1) is 14.6. The van der Waals surface area contributed by atoms with Crippen molar-refractivity contribution in [1.29, 1.82) is 0 Å². The van der Waals surface area contributed by atoms with Crippen molar-refractivity contribution in [3.8, 4) is 0 Å². The molecule has 0 saturated heterocycles. The smallest absolute Gasteiger partial charge is 0.159 e. The second-order valence-electron chi connectivity index (χ2n) is 12.3. The van der Waals surface area contributed by atoms with Gasteiger partial charge in [0.15, 0.2) is 5.78 Å². The summed E-state index contributed by atoms with van der Waals surface area (Å²) in [5.41, 5.74) is 0.336. The molecule has 31 heavy (non-hydrogen) atoms. The van der Waals surface area contributed by atoms with E-state index in [1.807, 2.05) is 0 Å². The molecule has 4 aliphatic rings. The Balaban J connectivity index is 1.42. The Morgan fingerprint density at radius 2 is 1.68 bits per heavy atom. The van der Waals surface area contributed by atoms with Crippen molar-refractivity contribution >= 4 is 5.78 Å². The summed E-state index contributed by atoms with van der Waals surface area (Å²) in [7, 11) is 0. The zero-order valence-corrected chi connectivity index (χ0v) is 19.9. The van der Waals surface area contributed by atoms with Crippen LogP contribution >= 0.6 is 0 Å². The molecule has 0 aliphatic heterocycles. The average Bonchev–Trinajstić information content (AvgIpc) is 3.35. The molecule has 0 bridgehead atoms. The predicted molar refractivity (Wildman–Crippen MR) is 120 cm³/mol. The van der Waals surface area contributed by atoms with Crippen LogP contribution in [-0.2, 0) is 11.3 Å². The summed E-state index contributed by atoms with van der Waals surface area (Å²) in [4.78, 5) is 14.9. The van der Waals surface area contributed by atoms with Gasteiger partial charge >= 0.3 is 0 Å². The minimum Gasteiger partial charge on any atom is -0.390 e. The molecule has 172 valence electrons. The third-order valence-electron chi connectivity index (χ3n) is 11.1. The lowest BCUT2D eigenvalue weighted by Crippen LogP contribution is -2.61. The number of aliphatic hydroxyl groups is 1. The number of carbonyl (C=O) groups excluding carboxylic acids is 1. The number of Topliss-reactive ketones (excluding diaryl/α,β-unsaturated/α-hetero) is 1. The third kappa shape index (κ3) is 3.08. The van der Waals surface area contributed by atoms with E-state index in [-0.39, 0.29) is 11.3 Å². The summed E-state index contributed by atoms with van der Waals surface area (Å²) in [6.45, 7) is 9.80. The molecular formula is C26H41N3O2. The van der Waals surface area contributed by atoms with Crippen LogP contribution in [0.2, 0.25) is 0 Å². The van der Waals surface area contributed by atoms with Crippen LogP contribution in [-0.4, -0.2) is 31.5 Å². The first-order valence-electron chi connectivity index (χ1n) is 12.7. The van der Waals surface area contributed by atoms with Gasteiger partial charge in [0.1, 0.15) is 6.54 Å². The van der Waals surface area contributed by atoms with E-state index in [0.29, 0.717) is 35.0 Å². The summed E-state index contributed by atoms with van der Waals surface area (Å²) in [5, 5.41) is 19.2. The van der Waals surface area contributed by atoms with Gasteiger partial charge in [-0.15, -0.1) is 0 Å². The van der Waals surface area contributed by atoms with Gasteiger partial charge in [0.05, 0.1) is 18.0 Å². The van der Waals surface area contributed by atoms with Gasteiger partial charge < -0.3 is 5.11 Å². The first kappa shape index (κ1) is 21.6. The molecule has 1 N–H and O–H groups in total. The molecule has 0 spiro atoms. The third-order valence-corrected chi connectivity index (χ3v) is 11.1. The molecule has 1 aromatic rings. The highest BCUT2D eigenvalue weighted by molar-refractivity contribution is 5.82. The molecule has 4 fully saturated rings. The van der Waals surface area contributed by atoms with E-state index < -0.39 is 5.60 Å². The molecule has 1 heterocycles. The van der Waals surface area contributed by atoms with Crippen molar-refractivity contribution in [2.75, 3.05) is 0 Å². The van der Waals surface area contributed by atoms with Crippen LogP contribution in [0.5, 0.6) is 0 Å². The lowest BCUT2D eigenvalue weighted by Gasteiger charge is -2.67. The van der Waals surface area contributed by atoms with Crippen LogP contribution in [0.4, 0.5) is 0 Å². The second-order valence-corrected chi connectivity index (χ2v) is 12.3. The van der Waals surface area contributed by atoms with Crippen LogP contribution < -0.4 is 0 Å². The number of fused-ring (bicyclic) bond motifs is 5. The molecule has 5 rings (SSSR count). The van der Waals surface area contributed by atoms with Crippen molar-refractivity contribution < 1.29 is 9.90 Å². The summed E-state index contributed by atoms with van der Waals surface area (Å²) >= 11 is 0. The minimum absolute atomic E-state index is 0.109. The Morgan fingerprint density at radius 1 is 0.968 bits per heavy atom. The van der Waals surface area contributed by atoms with Gasteiger partial charge in [0.25, 0.3) is 0 Å². The average molecular weight is 428 g/mol. The van der Waals surface area contributed by atoms with E-state index in [2.05, 4.69) is 37.9 Å². The molecule has 5 heteroatoms. The van der Waals surface area contributed by atoms with Crippen LogP contribution in [0.15, 0.2) is 12.4 Å². The molecule has 4 aliphatic carbocycles. The molecule has 0 unspecified atom stereocenters. The molecule has 8 atom stereocenters. The monoisotopic (exact) mass is 427 g/mol. The standard InChI is InChI=1S/C26H41N3O2/c1-5-26-13-12-23(2,31)16-18(26)8-10-25(4)21-7-6-19(24(21,3)11-9-22(25)26)20(30)17-29-27-14-15-28-29/h14-15,18-19,21-22,31H,5-13,16-17H2,1-4H3/t18-,19-,21-,22+,23-,24-,25+,26+/m1/s1. The van der Waals surface area contributed by atoms with Crippen molar-refractivity contribution in [1.82, 2.24) is 15.0 Å². The molecule has 4 saturated carbocycles. The van der Waals surface area contributed by atoms with Crippen LogP contribution in [0.3, 0.4) is 0 Å². The summed E-state index contributed by atoms with van der Waals surface area (Å²) < 4.78 is 0. The first-order valence-corrected chi connectivity index (χ1v) is 12.7. The van der Waals surface area contributed by atoms with Crippen molar-refractivity contribution in [3.63, 3.8) is 0 Å². The van der Waals surface area contributed by atoms with E-state index >= 15 is 0 Å². The SMILES string of the molecule is CC[C@]12CC[C@@](C)(O)C[C@H]1CC[C@@]1(C)[C@@H]3CC[C@H](C(=O)Cn4nccn4)[C@@]3(C)CC[C@@H]12. The molecule has 0 aromatic carbocycles. The number of nitrogens with zero attached hydrogens (tertiary/aromatic N) is 3. The Labute approximate surface area is 187 Å². The predicted octanol–water partition coefficient (Wildman–Crippen LogP) is 5.04. The fraction of sp³-hybridized carbons (Fsp3) is 0.885. The lowest BCUT2D eigenvalue weighted by atomic mass is 9.38. The Morgan fingerprint density at radius 3 is 2.39 bits per heavy atom. The van der Waals surface area contributed by atoms with E-state index in [0.717, 1.165) is 25.2 Å². The fourth-order valence-corrected chi connectivity index (χ4v) is 9.68. The molecular weight excluding hydrogens is 386 g/mol. The van der Waals surface area contributed by atoms with Gasteiger partial charge in [-0.05, 0) is 105 Å². The van der Waals surface area contributed by atoms with Crippen molar-refractivity contribution in [2.24, 2.45) is 39.9 Å². The number of rotatable bonds is 4. The highest BCUT2D eigenvalue weighted by Gasteiger charge is 2.66. The topological polar surface area (TPSA) is 68.0 Å². The van der Waals surface area contributed by atoms with Crippen LogP contribution in [0.25, 0.3) is 0 Å². The summed E-state index contributed by atoms with van der Waals surface area (Å²) in [5.74, 6) is 2.50. The molecule has 0 radical (unpaired) electrons. The summed E-state index contributed by atoms with van der Waals surface area (Å²) in [6, 6.07) is 0. The highest BCUT2D eigenvalue weighted by atomic mass is 16.3. The Hall–Kier alpha value is -1.23. The quantitative estimate of drug-likeness (QED) is 0.731. The van der Waals surface area contributed by atoms with Gasteiger partial charge in [-0.1, -0.05) is 20.8 Å². The normalized spacial score (nSPS) is 49.2. The van der Waals surface area contributed by atoms with Gasteiger partial charge in [-0.25, -0.2) is 0 Å². The maximum absolute atomic E-state index is 13.3. The molecule has 0 amide bonds. The number of ketones is 1. The van der Waals surface area contributed by atoms with Gasteiger partial charge in [0.2, 0.25) is 0 Å². The zero-order chi connectivity index (χ0) is 22.1. The molecule has 1 aromatic heterocycles. The van der Waals surface area contributed by atoms with Crippen molar-refractivity contribution in [2.45, 2.75) is 104 Å². The second kappa shape index (κ2) is 7.13. The van der Waals surface area contributed by atoms with E-state index in [1.54, 1.807) is 17.2 Å². The maximum Gasteiger partial charge on any atom is 0.159 e. The number of hydrogen-bond donors (Lipinski definition) is 1.